The van der Waals surface area contributed by atoms with Crippen LogP contribution in [-0.4, -0.2) is 24.4 Å². The van der Waals surface area contributed by atoms with Crippen molar-refractivity contribution in [3.8, 4) is 0 Å². The highest BCUT2D eigenvalue weighted by Crippen LogP contribution is 1.80. The van der Waals surface area contributed by atoms with Gasteiger partial charge in [0, 0.05) is 14.1 Å². The third-order valence-electron chi connectivity index (χ3n) is 0.685. The Labute approximate surface area is 57.5 Å². The topological polar surface area (TPSA) is 24.4 Å². The number of alkyl halides is 1. The van der Waals surface area contributed by atoms with Gasteiger partial charge in [-0.3, -0.25) is 4.99 Å². The van der Waals surface area contributed by atoms with Crippen LogP contribution in [0.2, 0.25) is 0 Å². The van der Waals surface area contributed by atoms with Gasteiger partial charge in [0.05, 0.1) is 4.43 Å². The molecular formula is C4H9IN2. The third kappa shape index (κ3) is 2.85. The zero-order chi connectivity index (χ0) is 5.70. The van der Waals surface area contributed by atoms with Crippen molar-refractivity contribution in [2.24, 2.45) is 4.99 Å². The van der Waals surface area contributed by atoms with E-state index in [1.54, 1.807) is 7.05 Å². The van der Waals surface area contributed by atoms with Crippen LogP contribution in [0.4, 0.5) is 0 Å². The number of hydrogen-bond donors (Lipinski definition) is 1. The first kappa shape index (κ1) is 7.20. The summed E-state index contributed by atoms with van der Waals surface area (Å²) in [5.74, 6) is 1.04. The molecule has 0 saturated heterocycles. The van der Waals surface area contributed by atoms with Crippen molar-refractivity contribution >= 4 is 28.4 Å². The molecule has 0 bridgehead atoms. The molecule has 0 unspecified atom stereocenters. The van der Waals surface area contributed by atoms with E-state index in [9.17, 15) is 0 Å². The van der Waals surface area contributed by atoms with E-state index >= 15 is 0 Å². The van der Waals surface area contributed by atoms with Gasteiger partial charge in [0.2, 0.25) is 0 Å². The summed E-state index contributed by atoms with van der Waals surface area (Å²) in [5.41, 5.74) is 0. The Hall–Kier alpha value is 0.200. The van der Waals surface area contributed by atoms with E-state index in [4.69, 9.17) is 0 Å². The Kier molecular flexibility index (Phi) is 4.49. The minimum absolute atomic E-state index is 0.963. The van der Waals surface area contributed by atoms with E-state index < -0.39 is 0 Å². The maximum atomic E-state index is 3.92. The molecule has 0 spiro atoms. The van der Waals surface area contributed by atoms with E-state index in [1.165, 1.54) is 0 Å². The van der Waals surface area contributed by atoms with Gasteiger partial charge < -0.3 is 5.32 Å². The van der Waals surface area contributed by atoms with Gasteiger partial charge in [-0.05, 0) is 0 Å². The molecule has 42 valence electrons. The van der Waals surface area contributed by atoms with Gasteiger partial charge in [0.1, 0.15) is 5.84 Å². The Morgan fingerprint density at radius 2 is 2.43 bits per heavy atom. The minimum atomic E-state index is 0.963. The van der Waals surface area contributed by atoms with Gasteiger partial charge in [-0.1, -0.05) is 22.6 Å². The van der Waals surface area contributed by atoms with Crippen molar-refractivity contribution in [3.05, 3.63) is 0 Å². The number of nitrogens with one attached hydrogen (secondary N) is 1. The van der Waals surface area contributed by atoms with E-state index in [2.05, 4.69) is 32.9 Å². The van der Waals surface area contributed by atoms with E-state index in [-0.39, 0.29) is 0 Å². The fourth-order valence-corrected chi connectivity index (χ4v) is 0.961. The van der Waals surface area contributed by atoms with Crippen molar-refractivity contribution in [2.45, 2.75) is 0 Å². The lowest BCUT2D eigenvalue weighted by atomic mass is 10.7. The van der Waals surface area contributed by atoms with Crippen LogP contribution in [0.15, 0.2) is 4.99 Å². The second-order valence-corrected chi connectivity index (χ2v) is 1.82. The van der Waals surface area contributed by atoms with Crippen LogP contribution in [0.25, 0.3) is 0 Å². The second-order valence-electron chi connectivity index (χ2n) is 1.05. The Morgan fingerprint density at radius 3 is 2.43 bits per heavy atom. The fourth-order valence-electron chi connectivity index (χ4n) is 0.238. The average Bonchev–Trinajstić information content (AvgIpc) is 1.72. The maximum Gasteiger partial charge on any atom is 0.106 e. The normalized spacial score (nSPS) is 11.6. The van der Waals surface area contributed by atoms with Crippen molar-refractivity contribution in [1.82, 2.24) is 5.32 Å². The van der Waals surface area contributed by atoms with E-state index in [0.29, 0.717) is 0 Å². The molecule has 0 saturated carbocycles. The van der Waals surface area contributed by atoms with Crippen LogP contribution in [0, 0.1) is 0 Å². The molecule has 3 heteroatoms. The van der Waals surface area contributed by atoms with Crippen molar-refractivity contribution in [3.63, 3.8) is 0 Å². The number of rotatable bonds is 1. The molecule has 0 aromatic heterocycles. The molecule has 7 heavy (non-hydrogen) atoms. The standard InChI is InChI=1S/C4H9IN2/c1-6-4(3-5)7-2/h3H2,1-2H3,(H,6,7). The molecule has 0 amide bonds. The molecular weight excluding hydrogens is 203 g/mol. The van der Waals surface area contributed by atoms with Gasteiger partial charge in [0.15, 0.2) is 0 Å². The highest BCUT2D eigenvalue weighted by atomic mass is 127. The minimum Gasteiger partial charge on any atom is -0.376 e. The predicted molar refractivity (Wildman–Crippen MR) is 41.3 cm³/mol. The van der Waals surface area contributed by atoms with Crippen LogP contribution in [0.3, 0.4) is 0 Å². The molecule has 0 rings (SSSR count). The van der Waals surface area contributed by atoms with Crippen molar-refractivity contribution < 1.29 is 0 Å². The Morgan fingerprint density at radius 1 is 1.86 bits per heavy atom. The lowest BCUT2D eigenvalue weighted by Gasteiger charge is -1.95. The molecule has 0 radical (unpaired) electrons. The summed E-state index contributed by atoms with van der Waals surface area (Å²) in [6, 6.07) is 0. The summed E-state index contributed by atoms with van der Waals surface area (Å²) in [6.45, 7) is 0. The molecule has 0 aromatic carbocycles. The summed E-state index contributed by atoms with van der Waals surface area (Å²) < 4.78 is 0.963. The summed E-state index contributed by atoms with van der Waals surface area (Å²) in [6.07, 6.45) is 0. The first-order valence-electron chi connectivity index (χ1n) is 2.04. The van der Waals surface area contributed by atoms with Gasteiger partial charge in [0.25, 0.3) is 0 Å². The van der Waals surface area contributed by atoms with E-state index in [1.807, 2.05) is 7.05 Å². The lowest BCUT2D eigenvalue weighted by molar-refractivity contribution is 1.14. The monoisotopic (exact) mass is 212 g/mol. The molecule has 0 atom stereocenters. The highest BCUT2D eigenvalue weighted by molar-refractivity contribution is 14.1. The predicted octanol–water partition coefficient (Wildman–Crippen LogP) is 0.669. The number of halogens is 1. The molecule has 1 N–H and O–H groups in total. The third-order valence-corrected chi connectivity index (χ3v) is 1.41. The van der Waals surface area contributed by atoms with Crippen LogP contribution >= 0.6 is 22.6 Å². The van der Waals surface area contributed by atoms with Gasteiger partial charge in [-0.2, -0.15) is 0 Å². The molecule has 0 heterocycles. The zero-order valence-electron chi connectivity index (χ0n) is 4.53. The zero-order valence-corrected chi connectivity index (χ0v) is 6.69. The number of nitrogens with zero attached hydrogens (tertiary/aromatic N) is 1. The largest absolute Gasteiger partial charge is 0.376 e. The van der Waals surface area contributed by atoms with Crippen molar-refractivity contribution in [1.29, 1.82) is 0 Å². The first-order chi connectivity index (χ1) is 3.35. The lowest BCUT2D eigenvalue weighted by Crippen LogP contribution is -2.18. The fraction of sp³-hybridized carbons (Fsp3) is 0.750. The van der Waals surface area contributed by atoms with Crippen LogP contribution in [0.5, 0.6) is 0 Å². The average molecular weight is 212 g/mol. The van der Waals surface area contributed by atoms with Gasteiger partial charge in [-0.25, -0.2) is 0 Å². The summed E-state index contributed by atoms with van der Waals surface area (Å²) in [5, 5.41) is 2.94. The maximum absolute atomic E-state index is 3.92. The van der Waals surface area contributed by atoms with Crippen LogP contribution in [0.1, 0.15) is 0 Å². The summed E-state index contributed by atoms with van der Waals surface area (Å²) in [4.78, 5) is 3.92. The molecule has 0 aromatic rings. The SMILES string of the molecule is C/N=C(\CI)NC. The highest BCUT2D eigenvalue weighted by Gasteiger charge is 1.83. The first-order valence-corrected chi connectivity index (χ1v) is 3.57. The number of hydrogen-bond acceptors (Lipinski definition) is 1. The van der Waals surface area contributed by atoms with Gasteiger partial charge >= 0.3 is 0 Å². The number of aliphatic imine (C=N–C) groups is 1. The molecule has 0 aliphatic carbocycles. The second kappa shape index (κ2) is 4.36. The molecule has 2 nitrogen and oxygen atoms in total. The molecule has 0 aliphatic rings. The van der Waals surface area contributed by atoms with Crippen LogP contribution < -0.4 is 5.32 Å². The molecule has 0 fully saturated rings. The quantitative estimate of drug-likeness (QED) is 0.294. The summed E-state index contributed by atoms with van der Waals surface area (Å²) in [7, 11) is 3.66. The smallest absolute Gasteiger partial charge is 0.106 e. The van der Waals surface area contributed by atoms with E-state index in [0.717, 1.165) is 10.3 Å². The van der Waals surface area contributed by atoms with Crippen molar-refractivity contribution in [2.75, 3.05) is 18.5 Å². The van der Waals surface area contributed by atoms with Crippen LogP contribution in [-0.2, 0) is 0 Å². The molecule has 0 aliphatic heterocycles. The van der Waals surface area contributed by atoms with Gasteiger partial charge in [-0.15, -0.1) is 0 Å². The Balaban J connectivity index is 3.38. The Bertz CT molecular complexity index is 64.1. The number of amidine groups is 1. The summed E-state index contributed by atoms with van der Waals surface area (Å²) >= 11 is 2.26.